The fraction of sp³-hybridized carbons (Fsp3) is 0.571. The van der Waals surface area contributed by atoms with E-state index in [9.17, 15) is 9.59 Å². The number of amides is 2. The van der Waals surface area contributed by atoms with Crippen LogP contribution in [0.15, 0.2) is 6.07 Å². The van der Waals surface area contributed by atoms with Crippen molar-refractivity contribution in [2.45, 2.75) is 26.7 Å². The first kappa shape index (κ1) is 15.0. The monoisotopic (exact) mass is 296 g/mol. The Hall–Kier alpha value is -1.40. The maximum atomic E-state index is 12.3. The van der Waals surface area contributed by atoms with E-state index < -0.39 is 0 Å². The molecule has 0 saturated heterocycles. The summed E-state index contributed by atoms with van der Waals surface area (Å²) in [5.74, 6) is 0.113. The van der Waals surface area contributed by atoms with Crippen LogP contribution in [0.2, 0.25) is 0 Å². The molecule has 1 aliphatic rings. The Morgan fingerprint density at radius 3 is 2.75 bits per heavy atom. The summed E-state index contributed by atoms with van der Waals surface area (Å²) in [7, 11) is 0. The highest BCUT2D eigenvalue weighted by molar-refractivity contribution is 7.18. The first-order valence-corrected chi connectivity index (χ1v) is 7.69. The summed E-state index contributed by atoms with van der Waals surface area (Å²) < 4.78 is 0. The smallest absolute Gasteiger partial charge is 0.264 e. The SMILES string of the molecule is CCN(CCO)C(=O)c1sc(NC(=O)C2CC2)cc1C. The van der Waals surface area contributed by atoms with Crippen molar-refractivity contribution in [3.05, 3.63) is 16.5 Å². The van der Waals surface area contributed by atoms with Crippen LogP contribution < -0.4 is 5.32 Å². The zero-order chi connectivity index (χ0) is 14.7. The van der Waals surface area contributed by atoms with Crippen LogP contribution in [0.4, 0.5) is 5.00 Å². The number of likely N-dealkylation sites (N-methyl/N-ethyl adjacent to an activating group) is 1. The number of thiophene rings is 1. The van der Waals surface area contributed by atoms with Gasteiger partial charge in [0, 0.05) is 19.0 Å². The van der Waals surface area contributed by atoms with Crippen molar-refractivity contribution >= 4 is 28.2 Å². The van der Waals surface area contributed by atoms with Crippen LogP contribution in [0.3, 0.4) is 0 Å². The molecule has 1 fully saturated rings. The minimum Gasteiger partial charge on any atom is -0.395 e. The van der Waals surface area contributed by atoms with E-state index in [1.807, 2.05) is 19.9 Å². The van der Waals surface area contributed by atoms with E-state index >= 15 is 0 Å². The third-order valence-electron chi connectivity index (χ3n) is 3.35. The molecule has 6 heteroatoms. The van der Waals surface area contributed by atoms with Crippen molar-refractivity contribution in [2.75, 3.05) is 25.0 Å². The van der Waals surface area contributed by atoms with Crippen LogP contribution in [0.1, 0.15) is 35.0 Å². The second-order valence-corrected chi connectivity index (χ2v) is 6.05. The molecule has 2 N–H and O–H groups in total. The number of anilines is 1. The Morgan fingerprint density at radius 2 is 2.20 bits per heavy atom. The molecular formula is C14H20N2O3S. The van der Waals surface area contributed by atoms with Crippen LogP contribution in [-0.4, -0.2) is 41.5 Å². The van der Waals surface area contributed by atoms with E-state index in [0.717, 1.165) is 23.4 Å². The van der Waals surface area contributed by atoms with Crippen molar-refractivity contribution in [3.63, 3.8) is 0 Å². The minimum absolute atomic E-state index is 0.0464. The highest BCUT2D eigenvalue weighted by Gasteiger charge is 2.30. The Balaban J connectivity index is 2.09. The number of hydrogen-bond donors (Lipinski definition) is 2. The number of nitrogens with zero attached hydrogens (tertiary/aromatic N) is 1. The molecule has 2 rings (SSSR count). The Bertz CT molecular complexity index is 509. The number of aliphatic hydroxyl groups is 1. The second-order valence-electron chi connectivity index (χ2n) is 4.99. The highest BCUT2D eigenvalue weighted by Crippen LogP contribution is 2.33. The molecule has 0 atom stereocenters. The van der Waals surface area contributed by atoms with Gasteiger partial charge in [-0.3, -0.25) is 9.59 Å². The Morgan fingerprint density at radius 1 is 1.50 bits per heavy atom. The van der Waals surface area contributed by atoms with Crippen LogP contribution >= 0.6 is 11.3 Å². The van der Waals surface area contributed by atoms with E-state index in [-0.39, 0.29) is 24.3 Å². The van der Waals surface area contributed by atoms with Gasteiger partial charge >= 0.3 is 0 Å². The first-order valence-electron chi connectivity index (χ1n) is 6.88. The maximum absolute atomic E-state index is 12.3. The summed E-state index contributed by atoms with van der Waals surface area (Å²) in [5.41, 5.74) is 0.863. The lowest BCUT2D eigenvalue weighted by Gasteiger charge is -2.19. The van der Waals surface area contributed by atoms with Gasteiger partial charge in [0.25, 0.3) is 5.91 Å². The third-order valence-corrected chi connectivity index (χ3v) is 4.49. The predicted octanol–water partition coefficient (Wildman–Crippen LogP) is 1.86. The highest BCUT2D eigenvalue weighted by atomic mass is 32.1. The van der Waals surface area contributed by atoms with Crippen molar-refractivity contribution in [1.82, 2.24) is 4.90 Å². The largest absolute Gasteiger partial charge is 0.395 e. The van der Waals surface area contributed by atoms with Gasteiger partial charge in [0.15, 0.2) is 0 Å². The molecular weight excluding hydrogens is 276 g/mol. The van der Waals surface area contributed by atoms with Crippen LogP contribution in [0.25, 0.3) is 0 Å². The summed E-state index contributed by atoms with van der Waals surface area (Å²) in [6.45, 7) is 4.59. The molecule has 1 saturated carbocycles. The molecule has 1 aromatic rings. The number of carbonyl (C=O) groups excluding carboxylic acids is 2. The molecule has 110 valence electrons. The molecule has 0 aromatic carbocycles. The number of nitrogens with one attached hydrogen (secondary N) is 1. The van der Waals surface area contributed by atoms with Gasteiger partial charge in [0.1, 0.15) is 0 Å². The zero-order valence-corrected chi connectivity index (χ0v) is 12.6. The zero-order valence-electron chi connectivity index (χ0n) is 11.8. The molecule has 0 unspecified atom stereocenters. The number of aryl methyl sites for hydroxylation is 1. The Kier molecular flexibility index (Phi) is 4.77. The summed E-state index contributed by atoms with van der Waals surface area (Å²) in [6, 6.07) is 1.84. The van der Waals surface area contributed by atoms with Crippen molar-refractivity contribution in [1.29, 1.82) is 0 Å². The summed E-state index contributed by atoms with van der Waals surface area (Å²) in [5, 5.41) is 12.6. The number of rotatable bonds is 6. The van der Waals surface area contributed by atoms with Gasteiger partial charge in [0.2, 0.25) is 5.91 Å². The second kappa shape index (κ2) is 6.37. The van der Waals surface area contributed by atoms with Crippen LogP contribution in [0, 0.1) is 12.8 Å². The maximum Gasteiger partial charge on any atom is 0.264 e. The van der Waals surface area contributed by atoms with Crippen LogP contribution in [-0.2, 0) is 4.79 Å². The van der Waals surface area contributed by atoms with Gasteiger partial charge < -0.3 is 15.3 Å². The molecule has 5 nitrogen and oxygen atoms in total. The summed E-state index contributed by atoms with van der Waals surface area (Å²) in [6.07, 6.45) is 1.92. The van der Waals surface area contributed by atoms with E-state index in [1.165, 1.54) is 11.3 Å². The average Bonchev–Trinajstić information content (AvgIpc) is 3.20. The molecule has 0 spiro atoms. The molecule has 1 heterocycles. The molecule has 20 heavy (non-hydrogen) atoms. The van der Waals surface area contributed by atoms with Gasteiger partial charge in [-0.1, -0.05) is 0 Å². The van der Waals surface area contributed by atoms with E-state index in [1.54, 1.807) is 4.90 Å². The summed E-state index contributed by atoms with van der Waals surface area (Å²) >= 11 is 1.31. The molecule has 0 aliphatic heterocycles. The lowest BCUT2D eigenvalue weighted by Crippen LogP contribution is -2.33. The van der Waals surface area contributed by atoms with Crippen molar-refractivity contribution in [3.8, 4) is 0 Å². The molecule has 1 aromatic heterocycles. The molecule has 1 aliphatic carbocycles. The average molecular weight is 296 g/mol. The first-order chi connectivity index (χ1) is 9.56. The normalized spacial score (nSPS) is 14.2. The van der Waals surface area contributed by atoms with Crippen molar-refractivity contribution in [2.24, 2.45) is 5.92 Å². The summed E-state index contributed by atoms with van der Waals surface area (Å²) in [4.78, 5) is 26.3. The topological polar surface area (TPSA) is 69.6 Å². The van der Waals surface area contributed by atoms with Crippen molar-refractivity contribution < 1.29 is 14.7 Å². The van der Waals surface area contributed by atoms with E-state index in [4.69, 9.17) is 5.11 Å². The van der Waals surface area contributed by atoms with Gasteiger partial charge in [0.05, 0.1) is 16.5 Å². The molecule has 0 bridgehead atoms. The minimum atomic E-state index is -0.0871. The number of aliphatic hydroxyl groups excluding tert-OH is 1. The van der Waals surface area contributed by atoms with Gasteiger partial charge in [-0.05, 0) is 38.3 Å². The quantitative estimate of drug-likeness (QED) is 0.842. The Labute approximate surface area is 122 Å². The van der Waals surface area contributed by atoms with Gasteiger partial charge in [-0.15, -0.1) is 11.3 Å². The van der Waals surface area contributed by atoms with Gasteiger partial charge in [-0.25, -0.2) is 0 Å². The molecule has 2 amide bonds. The predicted molar refractivity (Wildman–Crippen MR) is 79.1 cm³/mol. The third kappa shape index (κ3) is 3.37. The number of hydrogen-bond acceptors (Lipinski definition) is 4. The van der Waals surface area contributed by atoms with E-state index in [2.05, 4.69) is 5.32 Å². The lowest BCUT2D eigenvalue weighted by molar-refractivity contribution is -0.117. The van der Waals surface area contributed by atoms with Gasteiger partial charge in [-0.2, -0.15) is 0 Å². The molecule has 0 radical (unpaired) electrons. The lowest BCUT2D eigenvalue weighted by atomic mass is 10.2. The van der Waals surface area contributed by atoms with Crippen LogP contribution in [0.5, 0.6) is 0 Å². The standard InChI is InChI=1S/C14H20N2O3S/c1-3-16(6-7-17)14(19)12-9(2)8-11(20-12)15-13(18)10-4-5-10/h8,10,17H,3-7H2,1-2H3,(H,15,18). The van der Waals surface area contributed by atoms with E-state index in [0.29, 0.717) is 18.0 Å². The fourth-order valence-electron chi connectivity index (χ4n) is 1.99. The fourth-order valence-corrected chi connectivity index (χ4v) is 3.04. The number of carbonyl (C=O) groups is 2.